The Balaban J connectivity index is 0.000000451. The number of benzene rings is 2. The smallest absolute Gasteiger partial charge is 0.416 e. The van der Waals surface area contributed by atoms with Crippen molar-refractivity contribution < 1.29 is 22.7 Å². The summed E-state index contributed by atoms with van der Waals surface area (Å²) >= 11 is 1.38. The summed E-state index contributed by atoms with van der Waals surface area (Å²) in [7, 11) is 0. The van der Waals surface area contributed by atoms with Gasteiger partial charge in [0.1, 0.15) is 5.60 Å². The number of hydrogen-bond donors (Lipinski definition) is 1. The second-order valence-corrected chi connectivity index (χ2v) is 9.10. The standard InChI is InChI=1S/C18H16F3N3S.C5H10O2/c19-18(20,21)14-2-4-15(5-3-14)25-17-11-13(12-22)1-6-16(17)24-9-7-23-8-10-24;1-5(2,3)7-4-6/h1-6,11,23H,7-10H2;4H,1-3H3. The van der Waals surface area contributed by atoms with E-state index in [0.717, 1.165) is 48.9 Å². The second-order valence-electron chi connectivity index (χ2n) is 7.98. The van der Waals surface area contributed by atoms with Crippen molar-refractivity contribution in [2.24, 2.45) is 0 Å². The van der Waals surface area contributed by atoms with Gasteiger partial charge in [0.05, 0.1) is 22.9 Å². The maximum Gasteiger partial charge on any atom is 0.416 e. The van der Waals surface area contributed by atoms with Crippen molar-refractivity contribution in [3.63, 3.8) is 0 Å². The lowest BCUT2D eigenvalue weighted by molar-refractivity contribution is -0.139. The van der Waals surface area contributed by atoms with Crippen LogP contribution in [-0.2, 0) is 15.7 Å². The predicted molar refractivity (Wildman–Crippen MR) is 119 cm³/mol. The number of carbonyl (C=O) groups excluding carboxylic acids is 1. The van der Waals surface area contributed by atoms with Crippen LogP contribution in [0.15, 0.2) is 52.3 Å². The van der Waals surface area contributed by atoms with Gasteiger partial charge in [0.2, 0.25) is 0 Å². The summed E-state index contributed by atoms with van der Waals surface area (Å²) in [5.74, 6) is 0. The number of halogens is 3. The molecule has 9 heteroatoms. The van der Waals surface area contributed by atoms with Crippen molar-refractivity contribution in [1.82, 2.24) is 5.32 Å². The van der Waals surface area contributed by atoms with Crippen LogP contribution in [0, 0.1) is 11.3 Å². The van der Waals surface area contributed by atoms with Gasteiger partial charge in [-0.1, -0.05) is 11.8 Å². The van der Waals surface area contributed by atoms with Crippen LogP contribution < -0.4 is 10.2 Å². The first-order valence-corrected chi connectivity index (χ1v) is 10.8. The zero-order valence-electron chi connectivity index (χ0n) is 18.2. The van der Waals surface area contributed by atoms with Gasteiger partial charge in [-0.25, -0.2) is 0 Å². The average molecular weight is 466 g/mol. The van der Waals surface area contributed by atoms with E-state index in [4.69, 9.17) is 5.26 Å². The summed E-state index contributed by atoms with van der Waals surface area (Å²) in [6.07, 6.45) is -4.34. The minimum Gasteiger partial charge on any atom is -0.462 e. The van der Waals surface area contributed by atoms with E-state index < -0.39 is 11.7 Å². The molecule has 5 nitrogen and oxygen atoms in total. The molecule has 1 aliphatic heterocycles. The molecule has 1 heterocycles. The number of anilines is 1. The highest BCUT2D eigenvalue weighted by Crippen LogP contribution is 2.38. The highest BCUT2D eigenvalue weighted by Gasteiger charge is 2.30. The molecule has 3 rings (SSSR count). The third kappa shape index (κ3) is 8.09. The number of carbonyl (C=O) groups is 1. The molecule has 0 atom stereocenters. The lowest BCUT2D eigenvalue weighted by atomic mass is 10.2. The minimum atomic E-state index is -4.34. The molecular formula is C23H26F3N3O2S. The molecule has 1 N–H and O–H groups in total. The van der Waals surface area contributed by atoms with Crippen molar-refractivity contribution in [2.45, 2.75) is 42.3 Å². The van der Waals surface area contributed by atoms with Crippen LogP contribution in [0.3, 0.4) is 0 Å². The van der Waals surface area contributed by atoms with Gasteiger partial charge in [-0.2, -0.15) is 18.4 Å². The van der Waals surface area contributed by atoms with Crippen LogP contribution >= 0.6 is 11.8 Å². The Morgan fingerprint density at radius 2 is 1.72 bits per heavy atom. The van der Waals surface area contributed by atoms with Gasteiger partial charge in [-0.15, -0.1) is 0 Å². The highest BCUT2D eigenvalue weighted by atomic mass is 32.2. The van der Waals surface area contributed by atoms with Crippen molar-refractivity contribution in [1.29, 1.82) is 5.26 Å². The number of hydrogen-bond acceptors (Lipinski definition) is 6. The Bertz CT molecular complexity index is 929. The van der Waals surface area contributed by atoms with E-state index in [9.17, 15) is 18.0 Å². The van der Waals surface area contributed by atoms with E-state index in [1.807, 2.05) is 26.8 Å². The van der Waals surface area contributed by atoms with Crippen molar-refractivity contribution in [3.05, 3.63) is 53.6 Å². The summed E-state index contributed by atoms with van der Waals surface area (Å²) in [6, 6.07) is 12.7. The Morgan fingerprint density at radius 1 is 1.09 bits per heavy atom. The molecule has 0 amide bonds. The Morgan fingerprint density at radius 3 is 2.19 bits per heavy atom. The summed E-state index contributed by atoms with van der Waals surface area (Å²) in [5.41, 5.74) is 0.561. The summed E-state index contributed by atoms with van der Waals surface area (Å²) in [4.78, 5) is 13.4. The number of alkyl halides is 3. The van der Waals surface area contributed by atoms with Crippen LogP contribution in [0.5, 0.6) is 0 Å². The van der Waals surface area contributed by atoms with Crippen LogP contribution in [0.25, 0.3) is 0 Å². The van der Waals surface area contributed by atoms with Gasteiger partial charge in [0.15, 0.2) is 0 Å². The fraction of sp³-hybridized carbons (Fsp3) is 0.391. The molecule has 2 aromatic carbocycles. The van der Waals surface area contributed by atoms with E-state index in [0.29, 0.717) is 16.9 Å². The molecule has 0 bridgehead atoms. The molecule has 0 radical (unpaired) electrons. The molecular weight excluding hydrogens is 439 g/mol. The van der Waals surface area contributed by atoms with Crippen molar-refractivity contribution in [3.8, 4) is 6.07 Å². The van der Waals surface area contributed by atoms with Crippen molar-refractivity contribution in [2.75, 3.05) is 31.1 Å². The quantitative estimate of drug-likeness (QED) is 0.634. The molecule has 2 aromatic rings. The fourth-order valence-corrected chi connectivity index (χ4v) is 3.83. The lowest BCUT2D eigenvalue weighted by Gasteiger charge is -2.31. The SMILES string of the molecule is CC(C)(C)OC=O.N#Cc1ccc(N2CCNCC2)c(Sc2ccc(C(F)(F)F)cc2)c1. The average Bonchev–Trinajstić information content (AvgIpc) is 2.74. The number of rotatable bonds is 4. The maximum absolute atomic E-state index is 12.7. The normalized spacial score (nSPS) is 14.1. The molecule has 0 unspecified atom stereocenters. The zero-order valence-corrected chi connectivity index (χ0v) is 19.0. The van der Waals surface area contributed by atoms with Gasteiger partial charge < -0.3 is 15.0 Å². The molecule has 1 saturated heterocycles. The first-order valence-electron chi connectivity index (χ1n) is 10.00. The summed E-state index contributed by atoms with van der Waals surface area (Å²) in [5, 5.41) is 12.4. The number of nitrogens with zero attached hydrogens (tertiary/aromatic N) is 2. The molecule has 172 valence electrons. The summed E-state index contributed by atoms with van der Waals surface area (Å²) < 4.78 is 42.6. The minimum absolute atomic E-state index is 0.318. The largest absolute Gasteiger partial charge is 0.462 e. The van der Waals surface area contributed by atoms with E-state index >= 15 is 0 Å². The number of nitrogens with one attached hydrogen (secondary N) is 1. The fourth-order valence-electron chi connectivity index (χ4n) is 2.82. The third-order valence-electron chi connectivity index (χ3n) is 4.36. The van der Waals surface area contributed by atoms with Crippen LogP contribution in [-0.4, -0.2) is 38.3 Å². The third-order valence-corrected chi connectivity index (χ3v) is 5.41. The second kappa shape index (κ2) is 11.2. The molecule has 0 saturated carbocycles. The molecule has 1 fully saturated rings. The molecule has 32 heavy (non-hydrogen) atoms. The molecule has 0 aliphatic carbocycles. The highest BCUT2D eigenvalue weighted by molar-refractivity contribution is 7.99. The monoisotopic (exact) mass is 465 g/mol. The molecule has 0 spiro atoms. The molecule has 1 aliphatic rings. The van der Waals surface area contributed by atoms with Gasteiger partial charge >= 0.3 is 6.18 Å². The zero-order chi connectivity index (χ0) is 23.8. The van der Waals surface area contributed by atoms with Gasteiger partial charge in [0.25, 0.3) is 6.47 Å². The Labute approximate surface area is 190 Å². The maximum atomic E-state index is 12.7. The first-order chi connectivity index (χ1) is 15.0. The number of ether oxygens (including phenoxy) is 1. The van der Waals surface area contributed by atoms with Crippen LogP contribution in [0.2, 0.25) is 0 Å². The van der Waals surface area contributed by atoms with E-state index in [2.05, 4.69) is 21.0 Å². The van der Waals surface area contributed by atoms with Gasteiger partial charge in [-0.3, -0.25) is 4.79 Å². The van der Waals surface area contributed by atoms with E-state index in [1.54, 1.807) is 12.1 Å². The topological polar surface area (TPSA) is 65.4 Å². The number of nitriles is 1. The van der Waals surface area contributed by atoms with Gasteiger partial charge in [-0.05, 0) is 63.2 Å². The first kappa shape index (κ1) is 25.6. The van der Waals surface area contributed by atoms with Crippen LogP contribution in [0.4, 0.5) is 18.9 Å². The predicted octanol–water partition coefficient (Wildman–Crippen LogP) is 5.10. The summed E-state index contributed by atoms with van der Waals surface area (Å²) in [6.45, 7) is 9.39. The van der Waals surface area contributed by atoms with E-state index in [-0.39, 0.29) is 5.60 Å². The van der Waals surface area contributed by atoms with Gasteiger partial charge in [0, 0.05) is 36.0 Å². The number of piperazine rings is 1. The van der Waals surface area contributed by atoms with Crippen LogP contribution in [0.1, 0.15) is 31.9 Å². The van der Waals surface area contributed by atoms with E-state index in [1.165, 1.54) is 23.9 Å². The Hall–Kier alpha value is -2.70. The lowest BCUT2D eigenvalue weighted by Crippen LogP contribution is -2.43. The molecule has 0 aromatic heterocycles. The van der Waals surface area contributed by atoms with Crippen molar-refractivity contribution >= 4 is 23.9 Å². The Kier molecular flexibility index (Phi) is 8.99.